The Kier molecular flexibility index (Phi) is 3.60. The lowest BCUT2D eigenvalue weighted by Gasteiger charge is -2.08. The number of benzene rings is 2. The van der Waals surface area contributed by atoms with Crippen molar-refractivity contribution in [1.82, 2.24) is 0 Å². The van der Waals surface area contributed by atoms with E-state index in [1.165, 1.54) is 0 Å². The van der Waals surface area contributed by atoms with Crippen LogP contribution in [0.15, 0.2) is 48.5 Å². The van der Waals surface area contributed by atoms with E-state index in [-0.39, 0.29) is 5.91 Å². The largest absolute Gasteiger partial charge is 0.398 e. The minimum absolute atomic E-state index is 0.150. The molecule has 0 aliphatic carbocycles. The molecule has 2 rings (SSSR count). The van der Waals surface area contributed by atoms with Crippen LogP contribution in [0.1, 0.15) is 15.9 Å². The molecule has 0 unspecified atom stereocenters. The van der Waals surface area contributed by atoms with Crippen molar-refractivity contribution >= 4 is 17.3 Å². The topological polar surface area (TPSA) is 81.1 Å². The van der Waals surface area contributed by atoms with Crippen molar-refractivity contribution in [3.05, 3.63) is 59.7 Å². The molecular formula is C14H15N3O. The first-order valence-corrected chi connectivity index (χ1v) is 5.65. The van der Waals surface area contributed by atoms with Crippen molar-refractivity contribution in [2.45, 2.75) is 6.54 Å². The number of nitrogens with one attached hydrogen (secondary N) is 1. The first-order chi connectivity index (χ1) is 8.70. The fourth-order valence-electron chi connectivity index (χ4n) is 1.65. The molecule has 92 valence electrons. The van der Waals surface area contributed by atoms with E-state index in [0.717, 1.165) is 5.56 Å². The predicted octanol–water partition coefficient (Wildman–Crippen LogP) is 1.98. The number of nitrogens with two attached hydrogens (primary N) is 2. The lowest BCUT2D eigenvalue weighted by atomic mass is 10.1. The predicted molar refractivity (Wildman–Crippen MR) is 73.1 cm³/mol. The summed E-state index contributed by atoms with van der Waals surface area (Å²) in [6.07, 6.45) is 0. The Balaban J connectivity index is 2.17. The van der Waals surface area contributed by atoms with E-state index >= 15 is 0 Å². The number of hydrogen-bond acceptors (Lipinski definition) is 3. The van der Waals surface area contributed by atoms with Gasteiger partial charge >= 0.3 is 0 Å². The molecule has 0 radical (unpaired) electrons. The van der Waals surface area contributed by atoms with Gasteiger partial charge in [-0.05, 0) is 35.9 Å². The quantitative estimate of drug-likeness (QED) is 0.719. The van der Waals surface area contributed by atoms with Crippen LogP contribution in [-0.4, -0.2) is 5.91 Å². The van der Waals surface area contributed by atoms with Crippen molar-refractivity contribution in [2.75, 3.05) is 11.1 Å². The van der Waals surface area contributed by atoms with Crippen LogP contribution in [-0.2, 0) is 6.54 Å². The van der Waals surface area contributed by atoms with Crippen molar-refractivity contribution in [3.8, 4) is 0 Å². The van der Waals surface area contributed by atoms with Gasteiger partial charge in [0.05, 0.1) is 0 Å². The van der Waals surface area contributed by atoms with Gasteiger partial charge in [0.1, 0.15) is 0 Å². The molecule has 0 atom stereocenters. The Morgan fingerprint density at radius 2 is 1.83 bits per heavy atom. The number of amides is 1. The third-order valence-corrected chi connectivity index (χ3v) is 2.66. The molecule has 4 nitrogen and oxygen atoms in total. The normalized spacial score (nSPS) is 10.1. The van der Waals surface area contributed by atoms with E-state index in [1.807, 2.05) is 18.2 Å². The smallest absolute Gasteiger partial charge is 0.255 e. The minimum atomic E-state index is -0.150. The SMILES string of the molecule is NCc1cc(NC(=O)c2ccccc2)ccc1N. The van der Waals surface area contributed by atoms with Crippen LogP contribution < -0.4 is 16.8 Å². The number of carbonyl (C=O) groups excluding carboxylic acids is 1. The Morgan fingerprint density at radius 3 is 2.50 bits per heavy atom. The Labute approximate surface area is 106 Å². The first kappa shape index (κ1) is 12.1. The molecule has 0 heterocycles. The molecule has 0 saturated carbocycles. The Morgan fingerprint density at radius 1 is 1.11 bits per heavy atom. The third kappa shape index (κ3) is 2.67. The molecule has 2 aromatic rings. The zero-order valence-electron chi connectivity index (χ0n) is 9.89. The van der Waals surface area contributed by atoms with Gasteiger partial charge in [0.25, 0.3) is 5.91 Å². The van der Waals surface area contributed by atoms with Crippen LogP contribution in [0, 0.1) is 0 Å². The Hall–Kier alpha value is -2.33. The highest BCUT2D eigenvalue weighted by Gasteiger charge is 2.06. The zero-order valence-corrected chi connectivity index (χ0v) is 9.89. The first-order valence-electron chi connectivity index (χ1n) is 5.65. The van der Waals surface area contributed by atoms with Gasteiger partial charge in [-0.25, -0.2) is 0 Å². The number of rotatable bonds is 3. The van der Waals surface area contributed by atoms with E-state index in [0.29, 0.717) is 23.5 Å². The van der Waals surface area contributed by atoms with Crippen LogP contribution in [0.5, 0.6) is 0 Å². The average Bonchev–Trinajstić information content (AvgIpc) is 2.42. The molecule has 0 bridgehead atoms. The molecule has 0 spiro atoms. The van der Waals surface area contributed by atoms with Crippen LogP contribution in [0.4, 0.5) is 11.4 Å². The summed E-state index contributed by atoms with van der Waals surface area (Å²) < 4.78 is 0. The van der Waals surface area contributed by atoms with Gasteiger partial charge in [0.15, 0.2) is 0 Å². The fraction of sp³-hybridized carbons (Fsp3) is 0.0714. The summed E-state index contributed by atoms with van der Waals surface area (Å²) in [4.78, 5) is 11.9. The summed E-state index contributed by atoms with van der Waals surface area (Å²) in [7, 11) is 0. The van der Waals surface area contributed by atoms with E-state index in [1.54, 1.807) is 30.3 Å². The maximum absolute atomic E-state index is 11.9. The summed E-state index contributed by atoms with van der Waals surface area (Å²) >= 11 is 0. The number of hydrogen-bond donors (Lipinski definition) is 3. The van der Waals surface area contributed by atoms with Crippen LogP contribution in [0.25, 0.3) is 0 Å². The molecular weight excluding hydrogens is 226 g/mol. The lowest BCUT2D eigenvalue weighted by Crippen LogP contribution is -2.12. The standard InChI is InChI=1S/C14H15N3O/c15-9-11-8-12(6-7-13(11)16)17-14(18)10-4-2-1-3-5-10/h1-8H,9,15-16H2,(H,17,18). The Bertz CT molecular complexity index is 552. The van der Waals surface area contributed by atoms with Gasteiger partial charge < -0.3 is 16.8 Å². The van der Waals surface area contributed by atoms with E-state index in [9.17, 15) is 4.79 Å². The number of nitrogen functional groups attached to an aromatic ring is 1. The van der Waals surface area contributed by atoms with Gasteiger partial charge in [0, 0.05) is 23.5 Å². The number of carbonyl (C=O) groups is 1. The summed E-state index contributed by atoms with van der Waals surface area (Å²) in [5.74, 6) is -0.150. The number of anilines is 2. The molecule has 4 heteroatoms. The van der Waals surface area contributed by atoms with E-state index < -0.39 is 0 Å². The summed E-state index contributed by atoms with van der Waals surface area (Å²) in [6, 6.07) is 14.3. The molecule has 18 heavy (non-hydrogen) atoms. The molecule has 0 saturated heterocycles. The summed E-state index contributed by atoms with van der Waals surface area (Å²) in [6.45, 7) is 0.348. The van der Waals surface area contributed by atoms with Crippen LogP contribution >= 0.6 is 0 Å². The van der Waals surface area contributed by atoms with Crippen LogP contribution in [0.2, 0.25) is 0 Å². The maximum atomic E-state index is 11.9. The molecule has 0 aromatic heterocycles. The monoisotopic (exact) mass is 241 g/mol. The van der Waals surface area contributed by atoms with Crippen LogP contribution in [0.3, 0.4) is 0 Å². The third-order valence-electron chi connectivity index (χ3n) is 2.66. The second-order valence-electron chi connectivity index (χ2n) is 3.94. The maximum Gasteiger partial charge on any atom is 0.255 e. The highest BCUT2D eigenvalue weighted by atomic mass is 16.1. The molecule has 2 aromatic carbocycles. The van der Waals surface area contributed by atoms with E-state index in [2.05, 4.69) is 5.32 Å². The van der Waals surface area contributed by atoms with Crippen molar-refractivity contribution in [2.24, 2.45) is 5.73 Å². The van der Waals surface area contributed by atoms with Crippen molar-refractivity contribution < 1.29 is 4.79 Å². The van der Waals surface area contributed by atoms with Crippen molar-refractivity contribution in [3.63, 3.8) is 0 Å². The summed E-state index contributed by atoms with van der Waals surface area (Å²) in [5, 5.41) is 2.81. The molecule has 1 amide bonds. The van der Waals surface area contributed by atoms with Gasteiger partial charge in [-0.1, -0.05) is 18.2 Å². The minimum Gasteiger partial charge on any atom is -0.398 e. The second-order valence-corrected chi connectivity index (χ2v) is 3.94. The van der Waals surface area contributed by atoms with Gasteiger partial charge in [-0.2, -0.15) is 0 Å². The van der Waals surface area contributed by atoms with Gasteiger partial charge in [-0.15, -0.1) is 0 Å². The summed E-state index contributed by atoms with van der Waals surface area (Å²) in [5.41, 5.74) is 14.1. The lowest BCUT2D eigenvalue weighted by molar-refractivity contribution is 0.102. The average molecular weight is 241 g/mol. The molecule has 0 aliphatic heterocycles. The highest BCUT2D eigenvalue weighted by molar-refractivity contribution is 6.04. The molecule has 0 aliphatic rings. The molecule has 0 fully saturated rings. The van der Waals surface area contributed by atoms with Gasteiger partial charge in [-0.3, -0.25) is 4.79 Å². The van der Waals surface area contributed by atoms with Gasteiger partial charge in [0.2, 0.25) is 0 Å². The zero-order chi connectivity index (χ0) is 13.0. The fourth-order valence-corrected chi connectivity index (χ4v) is 1.65. The second kappa shape index (κ2) is 5.33. The molecule has 5 N–H and O–H groups in total. The highest BCUT2D eigenvalue weighted by Crippen LogP contribution is 2.18. The van der Waals surface area contributed by atoms with Crippen molar-refractivity contribution in [1.29, 1.82) is 0 Å². The van der Waals surface area contributed by atoms with E-state index in [4.69, 9.17) is 11.5 Å².